The Bertz CT molecular complexity index is 75.3. The summed E-state index contributed by atoms with van der Waals surface area (Å²) in [4.78, 5) is 13.7. The predicted molar refractivity (Wildman–Crippen MR) is 22.3 cm³/mol. The van der Waals surface area contributed by atoms with Gasteiger partial charge in [-0.25, -0.2) is 5.90 Å². The van der Waals surface area contributed by atoms with Crippen LogP contribution in [0.2, 0.25) is 0 Å². The highest BCUT2D eigenvalue weighted by atomic mass is 31.1. The zero-order chi connectivity index (χ0) is 5.86. The molecule has 0 aliphatic heterocycles. The monoisotopic (exact) mass is 123 g/mol. The molecule has 0 saturated carbocycles. The van der Waals surface area contributed by atoms with Crippen molar-refractivity contribution >= 4 is 8.03 Å². The molecule has 5 heteroatoms. The molecule has 0 fully saturated rings. The lowest BCUT2D eigenvalue weighted by molar-refractivity contribution is -0.173. The maximum atomic E-state index is 9.76. The summed E-state index contributed by atoms with van der Waals surface area (Å²) in [6.07, 6.45) is 0. The van der Waals surface area contributed by atoms with Gasteiger partial charge in [0.25, 0.3) is 5.85 Å². The third-order valence-corrected chi connectivity index (χ3v) is 1.21. The minimum absolute atomic E-state index is 0.866. The molecule has 2 N–H and O–H groups in total. The third kappa shape index (κ3) is 2.65. The van der Waals surface area contributed by atoms with Crippen molar-refractivity contribution in [3.05, 3.63) is 0 Å². The number of nitrogens with two attached hydrogens (primary N) is 1. The van der Waals surface area contributed by atoms with E-state index in [0.717, 1.165) is 0 Å². The van der Waals surface area contributed by atoms with Crippen LogP contribution in [0.4, 0.5) is 0 Å². The minimum atomic E-state index is -2.51. The lowest BCUT2D eigenvalue weighted by Gasteiger charge is -1.94. The smallest absolute Gasteiger partial charge is 0.342 e. The molecule has 0 saturated heterocycles. The van der Waals surface area contributed by atoms with E-state index in [0.29, 0.717) is 0 Å². The van der Waals surface area contributed by atoms with Crippen LogP contribution in [0.15, 0.2) is 0 Å². The van der Waals surface area contributed by atoms with Crippen molar-refractivity contribution < 1.29 is 14.3 Å². The molecule has 2 atom stereocenters. The molecule has 0 aromatic rings. The van der Waals surface area contributed by atoms with Gasteiger partial charge in [-0.05, 0) is 0 Å². The van der Waals surface area contributed by atoms with Gasteiger partial charge >= 0.3 is 8.03 Å². The summed E-state index contributed by atoms with van der Waals surface area (Å²) in [5, 5.41) is 0. The normalized spacial score (nSPS) is 16.1. The summed E-state index contributed by atoms with van der Waals surface area (Å²) in [5.74, 6) is 3.62. The molecule has 0 aromatic heterocycles. The highest BCUT2D eigenvalue weighted by molar-refractivity contribution is 7.37. The van der Waals surface area contributed by atoms with Gasteiger partial charge in [0.05, 0.1) is 0 Å². The lowest BCUT2D eigenvalue weighted by atomic mass is 10.9. The molecular formula is C2H6NO3P. The van der Waals surface area contributed by atoms with Crippen LogP contribution in [-0.4, -0.2) is 5.85 Å². The Morgan fingerprint density at radius 1 is 2.00 bits per heavy atom. The van der Waals surface area contributed by atoms with Crippen LogP contribution < -0.4 is 10.8 Å². The first-order chi connectivity index (χ1) is 3.18. The first-order valence-corrected chi connectivity index (χ1v) is 2.92. The molecule has 0 aliphatic rings. The van der Waals surface area contributed by atoms with Gasteiger partial charge in [0.15, 0.2) is 0 Å². The van der Waals surface area contributed by atoms with Crippen LogP contribution in [0.1, 0.15) is 6.92 Å². The Morgan fingerprint density at radius 2 is 2.43 bits per heavy atom. The van der Waals surface area contributed by atoms with E-state index in [1.54, 1.807) is 0 Å². The standard InChI is InChI=1S/C2H6NO3P/c1-2(6-3)7(4)5/h2H,3H2,1H3. The summed E-state index contributed by atoms with van der Waals surface area (Å²) >= 11 is 0. The van der Waals surface area contributed by atoms with Crippen molar-refractivity contribution in [3.8, 4) is 0 Å². The SMILES string of the molecule is CC(ON)[P+](=O)[O-]. The van der Waals surface area contributed by atoms with Gasteiger partial charge in [-0.15, -0.1) is 0 Å². The molecule has 0 aliphatic carbocycles. The Kier molecular flexibility index (Phi) is 3.04. The van der Waals surface area contributed by atoms with E-state index < -0.39 is 13.9 Å². The van der Waals surface area contributed by atoms with Gasteiger partial charge in [0.1, 0.15) is 0 Å². The predicted octanol–water partition coefficient (Wildman–Crippen LogP) is -0.675. The molecule has 0 rings (SSSR count). The van der Waals surface area contributed by atoms with Gasteiger partial charge in [-0.2, -0.15) is 0 Å². The van der Waals surface area contributed by atoms with Crippen molar-refractivity contribution in [2.75, 3.05) is 0 Å². The molecule has 2 unspecified atom stereocenters. The zero-order valence-corrected chi connectivity index (χ0v) is 4.72. The molecular weight excluding hydrogens is 117 g/mol. The van der Waals surface area contributed by atoms with Crippen molar-refractivity contribution in [2.45, 2.75) is 12.8 Å². The van der Waals surface area contributed by atoms with Crippen molar-refractivity contribution in [1.82, 2.24) is 0 Å². The van der Waals surface area contributed by atoms with Crippen molar-refractivity contribution in [2.24, 2.45) is 5.90 Å². The van der Waals surface area contributed by atoms with Crippen LogP contribution in [0.25, 0.3) is 0 Å². The van der Waals surface area contributed by atoms with Crippen LogP contribution >= 0.6 is 8.03 Å². The fourth-order valence-electron chi connectivity index (χ4n) is 0.0497. The largest absolute Gasteiger partial charge is 0.593 e. The van der Waals surface area contributed by atoms with E-state index in [1.807, 2.05) is 0 Å². The molecule has 4 nitrogen and oxygen atoms in total. The van der Waals surface area contributed by atoms with Crippen LogP contribution in [0.3, 0.4) is 0 Å². The molecule has 42 valence electrons. The van der Waals surface area contributed by atoms with Crippen molar-refractivity contribution in [1.29, 1.82) is 0 Å². The fourth-order valence-corrected chi connectivity index (χ4v) is 0.149. The van der Waals surface area contributed by atoms with E-state index in [-0.39, 0.29) is 0 Å². The molecule has 0 heterocycles. The molecule has 0 aromatic carbocycles. The second kappa shape index (κ2) is 3.04. The fraction of sp³-hybridized carbons (Fsp3) is 1.00. The first-order valence-electron chi connectivity index (χ1n) is 1.67. The average Bonchev–Trinajstić information content (AvgIpc) is 1.65. The Balaban J connectivity index is 3.34. The Labute approximate surface area is 42.1 Å². The van der Waals surface area contributed by atoms with Crippen LogP contribution in [-0.2, 0) is 9.40 Å². The lowest BCUT2D eigenvalue weighted by Crippen LogP contribution is -2.12. The third-order valence-electron chi connectivity index (χ3n) is 0.494. The van der Waals surface area contributed by atoms with E-state index in [4.69, 9.17) is 0 Å². The van der Waals surface area contributed by atoms with Gasteiger partial charge in [-0.1, -0.05) is 4.57 Å². The van der Waals surface area contributed by atoms with Crippen LogP contribution in [0, 0.1) is 0 Å². The summed E-state index contributed by atoms with van der Waals surface area (Å²) in [6, 6.07) is 0. The van der Waals surface area contributed by atoms with Crippen molar-refractivity contribution in [3.63, 3.8) is 0 Å². The Morgan fingerprint density at radius 3 is 2.43 bits per heavy atom. The van der Waals surface area contributed by atoms with Gasteiger partial charge in [-0.3, -0.25) is 4.84 Å². The maximum Gasteiger partial charge on any atom is 0.342 e. The van der Waals surface area contributed by atoms with E-state index in [1.165, 1.54) is 6.92 Å². The number of rotatable bonds is 2. The maximum absolute atomic E-state index is 9.76. The first kappa shape index (κ1) is 6.98. The molecule has 0 amide bonds. The van der Waals surface area contributed by atoms with E-state index in [9.17, 15) is 9.46 Å². The minimum Gasteiger partial charge on any atom is -0.593 e. The number of hydrogen-bond acceptors (Lipinski definition) is 4. The average molecular weight is 123 g/mol. The second-order valence-corrected chi connectivity index (χ2v) is 2.32. The molecule has 7 heavy (non-hydrogen) atoms. The Hall–Kier alpha value is -0.0200. The zero-order valence-electron chi connectivity index (χ0n) is 3.83. The number of hydrogen-bond donors (Lipinski definition) is 1. The van der Waals surface area contributed by atoms with Crippen LogP contribution in [0.5, 0.6) is 0 Å². The van der Waals surface area contributed by atoms with E-state index >= 15 is 0 Å². The van der Waals surface area contributed by atoms with Gasteiger partial charge < -0.3 is 4.89 Å². The topological polar surface area (TPSA) is 75.4 Å². The highest BCUT2D eigenvalue weighted by Crippen LogP contribution is 2.14. The molecule has 0 radical (unpaired) electrons. The second-order valence-electron chi connectivity index (χ2n) is 1.02. The van der Waals surface area contributed by atoms with Gasteiger partial charge in [0, 0.05) is 6.92 Å². The molecule has 0 spiro atoms. The van der Waals surface area contributed by atoms with E-state index in [2.05, 4.69) is 10.7 Å². The summed E-state index contributed by atoms with van der Waals surface area (Å²) in [7, 11) is -2.51. The van der Waals surface area contributed by atoms with Gasteiger partial charge in [0.2, 0.25) is 0 Å². The summed E-state index contributed by atoms with van der Waals surface area (Å²) in [5.41, 5.74) is 0. The highest BCUT2D eigenvalue weighted by Gasteiger charge is 2.11. The quantitative estimate of drug-likeness (QED) is 0.390. The molecule has 0 bridgehead atoms. The summed E-state index contributed by atoms with van der Waals surface area (Å²) in [6.45, 7) is 1.35. The summed E-state index contributed by atoms with van der Waals surface area (Å²) < 4.78 is 9.76.